The van der Waals surface area contributed by atoms with E-state index in [9.17, 15) is 22.2 Å². The summed E-state index contributed by atoms with van der Waals surface area (Å²) in [6, 6.07) is 5.06. The zero-order valence-corrected chi connectivity index (χ0v) is 22.2. The van der Waals surface area contributed by atoms with Crippen LogP contribution in [-0.2, 0) is 28.8 Å². The Morgan fingerprint density at radius 3 is 2.50 bits per heavy atom. The molecule has 1 fully saturated rings. The van der Waals surface area contributed by atoms with Crippen molar-refractivity contribution >= 4 is 28.7 Å². The quantitative estimate of drug-likeness (QED) is 0.370. The van der Waals surface area contributed by atoms with Crippen LogP contribution in [0.3, 0.4) is 0 Å². The Balaban J connectivity index is 0.000000427. The predicted octanol–water partition coefficient (Wildman–Crippen LogP) is 5.20. The van der Waals surface area contributed by atoms with E-state index in [0.717, 1.165) is 30.9 Å². The molecule has 0 amide bonds. The summed E-state index contributed by atoms with van der Waals surface area (Å²) in [5.41, 5.74) is 0.313. The van der Waals surface area contributed by atoms with Crippen molar-refractivity contribution in [3.8, 4) is 11.3 Å². The fraction of sp³-hybridized carbons (Fsp3) is 0.462. The van der Waals surface area contributed by atoms with E-state index in [4.69, 9.17) is 5.11 Å². The molecule has 0 aliphatic heterocycles. The summed E-state index contributed by atoms with van der Waals surface area (Å²) < 4.78 is 53.8. The van der Waals surface area contributed by atoms with Gasteiger partial charge in [0.15, 0.2) is 0 Å². The van der Waals surface area contributed by atoms with Gasteiger partial charge in [0, 0.05) is 53.9 Å². The van der Waals surface area contributed by atoms with Crippen LogP contribution in [0.15, 0.2) is 41.7 Å². The Morgan fingerprint density at radius 1 is 1.21 bits per heavy atom. The minimum absolute atomic E-state index is 0.000828. The van der Waals surface area contributed by atoms with E-state index < -0.39 is 22.5 Å². The Kier molecular flexibility index (Phi) is 10.5. The van der Waals surface area contributed by atoms with Crippen LogP contribution in [0.25, 0.3) is 11.3 Å². The highest BCUT2D eigenvalue weighted by Crippen LogP contribution is 2.36. The molecule has 206 valence electrons. The number of hydrogen-bond acceptors (Lipinski definition) is 7. The van der Waals surface area contributed by atoms with Crippen LogP contribution >= 0.6 is 0 Å². The normalized spacial score (nSPS) is 14.9. The molecule has 3 aromatic rings. The maximum Gasteiger partial charge on any atom is 0.419 e. The van der Waals surface area contributed by atoms with Crippen molar-refractivity contribution in [3.05, 3.63) is 47.9 Å². The number of anilines is 2. The van der Waals surface area contributed by atoms with Crippen LogP contribution in [0.5, 0.6) is 0 Å². The number of hydrogen-bond donors (Lipinski definition) is 2. The van der Waals surface area contributed by atoms with E-state index in [0.29, 0.717) is 28.7 Å². The van der Waals surface area contributed by atoms with Gasteiger partial charge in [-0.3, -0.25) is 8.89 Å². The molecule has 12 heteroatoms. The van der Waals surface area contributed by atoms with Crippen molar-refractivity contribution in [1.29, 1.82) is 0 Å². The van der Waals surface area contributed by atoms with E-state index in [2.05, 4.69) is 20.4 Å². The molecule has 1 aromatic carbocycles. The fourth-order valence-corrected chi connectivity index (χ4v) is 5.19. The Labute approximate surface area is 222 Å². The van der Waals surface area contributed by atoms with E-state index in [1.165, 1.54) is 36.3 Å². The molecule has 0 bridgehead atoms. The van der Waals surface area contributed by atoms with Crippen LogP contribution in [0.2, 0.25) is 0 Å². The van der Waals surface area contributed by atoms with Gasteiger partial charge in [-0.15, -0.1) is 0 Å². The number of halogens is 3. The molecule has 1 aliphatic rings. The number of aryl methyl sites for hydroxylation is 2. The topological polar surface area (TPSA) is 110 Å². The lowest BCUT2D eigenvalue weighted by Gasteiger charge is -2.14. The van der Waals surface area contributed by atoms with Gasteiger partial charge in [0.1, 0.15) is 11.8 Å². The summed E-state index contributed by atoms with van der Waals surface area (Å²) in [5, 5.41) is 15.7. The average molecular weight is 552 g/mol. The second-order valence-electron chi connectivity index (χ2n) is 9.12. The Hall–Kier alpha value is -3.12. The third-order valence-corrected chi connectivity index (χ3v) is 7.55. The summed E-state index contributed by atoms with van der Waals surface area (Å²) in [6.45, 7) is 1.75. The zero-order valence-electron chi connectivity index (χ0n) is 21.4. The van der Waals surface area contributed by atoms with Crippen molar-refractivity contribution in [2.24, 2.45) is 13.0 Å². The van der Waals surface area contributed by atoms with Gasteiger partial charge in [-0.1, -0.05) is 19.3 Å². The first kappa shape index (κ1) is 29.4. The molecular formula is C26H32F3N5O3S. The lowest BCUT2D eigenvalue weighted by molar-refractivity contribution is -0.137. The van der Waals surface area contributed by atoms with Gasteiger partial charge in [-0.05, 0) is 49.9 Å². The van der Waals surface area contributed by atoms with Crippen molar-refractivity contribution in [2.45, 2.75) is 56.5 Å². The zero-order chi connectivity index (χ0) is 27.7. The fourth-order valence-electron chi connectivity index (χ4n) is 4.04. The first-order chi connectivity index (χ1) is 18.1. The van der Waals surface area contributed by atoms with E-state index in [1.54, 1.807) is 32.2 Å². The number of aldehydes is 1. The molecule has 4 rings (SSSR count). The van der Waals surface area contributed by atoms with Crippen LogP contribution in [0.1, 0.15) is 49.7 Å². The molecular weight excluding hydrogens is 519 g/mol. The number of aromatic nitrogens is 4. The monoisotopic (exact) mass is 551 g/mol. The van der Waals surface area contributed by atoms with Crippen LogP contribution in [0.4, 0.5) is 24.8 Å². The van der Waals surface area contributed by atoms with Gasteiger partial charge in [0.25, 0.3) is 0 Å². The largest absolute Gasteiger partial charge is 0.419 e. The summed E-state index contributed by atoms with van der Waals surface area (Å²) in [5.74, 6) is 0.752. The van der Waals surface area contributed by atoms with E-state index in [1.807, 2.05) is 0 Å². The number of benzene rings is 1. The van der Waals surface area contributed by atoms with Crippen molar-refractivity contribution in [2.75, 3.05) is 17.7 Å². The summed E-state index contributed by atoms with van der Waals surface area (Å²) >= 11 is 0. The van der Waals surface area contributed by atoms with Gasteiger partial charge in [0.05, 0.1) is 22.7 Å². The smallest absolute Gasteiger partial charge is 0.396 e. The number of carbonyl (C=O) groups is 1. The molecule has 0 radical (unpaired) electrons. The molecule has 38 heavy (non-hydrogen) atoms. The van der Waals surface area contributed by atoms with Crippen molar-refractivity contribution in [1.82, 2.24) is 19.7 Å². The molecule has 2 heterocycles. The maximum atomic E-state index is 13.4. The van der Waals surface area contributed by atoms with Gasteiger partial charge >= 0.3 is 6.18 Å². The first-order valence-corrected chi connectivity index (χ1v) is 13.7. The second-order valence-corrected chi connectivity index (χ2v) is 10.7. The summed E-state index contributed by atoms with van der Waals surface area (Å²) in [6.07, 6.45) is 6.59. The van der Waals surface area contributed by atoms with Crippen LogP contribution < -0.4 is 5.32 Å². The lowest BCUT2D eigenvalue weighted by Crippen LogP contribution is -2.11. The van der Waals surface area contributed by atoms with Crippen LogP contribution in [0, 0.1) is 12.8 Å². The lowest BCUT2D eigenvalue weighted by atomic mass is 9.91. The minimum atomic E-state index is -4.61. The standard InChI is InChI=1S/C19H20F3N5O2S.C7H12O/c1-12-8-14(30(29)7-3-6-28)4-5-16(12)25-18-23-10-15(19(20,21)22)17(26-18)13-9-24-27(2)11-13;8-6-7-4-2-1-3-5-7/h4-5,8-11,28H,3,6-7H2,1-2H3,(H,23,25,26);6-7H,1-5H2. The second kappa shape index (κ2) is 13.6. The van der Waals surface area contributed by atoms with Gasteiger partial charge < -0.3 is 15.2 Å². The van der Waals surface area contributed by atoms with Gasteiger partial charge in [0.2, 0.25) is 5.95 Å². The number of nitrogens with one attached hydrogen (secondary N) is 1. The van der Waals surface area contributed by atoms with Crippen molar-refractivity contribution in [3.63, 3.8) is 0 Å². The average Bonchev–Trinajstić information content (AvgIpc) is 3.34. The van der Waals surface area contributed by atoms with Gasteiger partial charge in [-0.25, -0.2) is 9.97 Å². The minimum Gasteiger partial charge on any atom is -0.396 e. The Morgan fingerprint density at radius 2 is 1.95 bits per heavy atom. The molecule has 1 aliphatic carbocycles. The van der Waals surface area contributed by atoms with Crippen LogP contribution in [-0.4, -0.2) is 47.7 Å². The molecule has 0 saturated heterocycles. The van der Waals surface area contributed by atoms with Crippen molar-refractivity contribution < 1.29 is 27.3 Å². The van der Waals surface area contributed by atoms with Gasteiger partial charge in [-0.2, -0.15) is 18.3 Å². The first-order valence-electron chi connectivity index (χ1n) is 12.4. The molecule has 1 saturated carbocycles. The third-order valence-electron chi connectivity index (χ3n) is 6.11. The summed E-state index contributed by atoms with van der Waals surface area (Å²) in [4.78, 5) is 18.7. The highest BCUT2D eigenvalue weighted by atomic mass is 32.2. The highest BCUT2D eigenvalue weighted by Gasteiger charge is 2.35. The number of carbonyl (C=O) groups excluding carboxylic acids is 1. The predicted molar refractivity (Wildman–Crippen MR) is 139 cm³/mol. The number of nitrogens with zero attached hydrogens (tertiary/aromatic N) is 4. The van der Waals surface area contributed by atoms with E-state index >= 15 is 0 Å². The highest BCUT2D eigenvalue weighted by molar-refractivity contribution is 7.85. The molecule has 2 N–H and O–H groups in total. The summed E-state index contributed by atoms with van der Waals surface area (Å²) in [7, 11) is 0.363. The number of aliphatic hydroxyl groups is 1. The number of alkyl halides is 3. The number of rotatable bonds is 8. The molecule has 1 atom stereocenters. The molecule has 8 nitrogen and oxygen atoms in total. The third kappa shape index (κ3) is 8.19. The maximum absolute atomic E-state index is 13.4. The molecule has 1 unspecified atom stereocenters. The molecule has 0 spiro atoms. The molecule has 2 aromatic heterocycles. The SMILES string of the molecule is Cc1cc(S(=O)CCCO)ccc1Nc1ncc(C(F)(F)F)c(-c2cnn(C)c2)n1.O=CC1CCCCC1. The Bertz CT molecular complexity index is 1240. The van der Waals surface area contributed by atoms with E-state index in [-0.39, 0.29) is 23.8 Å². The number of aliphatic hydroxyl groups excluding tert-OH is 1.